The van der Waals surface area contributed by atoms with Crippen LogP contribution in [0.4, 0.5) is 0 Å². The maximum Gasteiger partial charge on any atom is 0.267 e. The lowest BCUT2D eigenvalue weighted by Gasteiger charge is -2.14. The molecule has 0 unspecified atom stereocenters. The van der Waals surface area contributed by atoms with E-state index in [1.807, 2.05) is 61.5 Å². The minimum absolute atomic E-state index is 0.226. The van der Waals surface area contributed by atoms with E-state index in [9.17, 15) is 9.59 Å². The van der Waals surface area contributed by atoms with Crippen molar-refractivity contribution in [1.82, 2.24) is 4.90 Å². The number of carbonyl (C=O) groups is 2. The quantitative estimate of drug-likeness (QED) is 0.435. The van der Waals surface area contributed by atoms with Crippen LogP contribution in [0.15, 0.2) is 59.5 Å². The fourth-order valence-electron chi connectivity index (χ4n) is 3.13. The van der Waals surface area contributed by atoms with Crippen LogP contribution < -0.4 is 4.74 Å². The highest BCUT2D eigenvalue weighted by molar-refractivity contribution is 8.03. The molecule has 0 fully saturated rings. The van der Waals surface area contributed by atoms with Gasteiger partial charge in [-0.3, -0.25) is 14.5 Å². The highest BCUT2D eigenvalue weighted by atomic mass is 32.2. The molecule has 0 radical (unpaired) electrons. The van der Waals surface area contributed by atoms with Crippen molar-refractivity contribution in [3.63, 3.8) is 0 Å². The van der Waals surface area contributed by atoms with Crippen LogP contribution >= 0.6 is 11.8 Å². The van der Waals surface area contributed by atoms with Gasteiger partial charge in [-0.2, -0.15) is 0 Å². The maximum absolute atomic E-state index is 13.1. The van der Waals surface area contributed by atoms with Gasteiger partial charge in [-0.15, -0.1) is 11.8 Å². The molecular weight excluding hydrogens is 386 g/mol. The zero-order valence-electron chi connectivity index (χ0n) is 16.7. The van der Waals surface area contributed by atoms with Crippen molar-refractivity contribution in [2.24, 2.45) is 0 Å². The highest BCUT2D eigenvalue weighted by Gasteiger charge is 2.38. The SMILES string of the molecule is CCOc1ccc(C2=C(SCc3ccccc3)C(=O)N(CCCOC)C2=O)cc1. The molecule has 152 valence electrons. The van der Waals surface area contributed by atoms with Gasteiger partial charge in [0.05, 0.1) is 17.1 Å². The summed E-state index contributed by atoms with van der Waals surface area (Å²) in [5.74, 6) is 0.896. The van der Waals surface area contributed by atoms with E-state index in [0.29, 0.717) is 42.4 Å². The number of nitrogens with zero attached hydrogens (tertiary/aromatic N) is 1. The van der Waals surface area contributed by atoms with E-state index in [1.165, 1.54) is 16.7 Å². The van der Waals surface area contributed by atoms with E-state index >= 15 is 0 Å². The Labute approximate surface area is 175 Å². The summed E-state index contributed by atoms with van der Waals surface area (Å²) >= 11 is 1.41. The molecule has 0 bridgehead atoms. The summed E-state index contributed by atoms with van der Waals surface area (Å²) in [5, 5.41) is 0. The zero-order chi connectivity index (χ0) is 20.6. The largest absolute Gasteiger partial charge is 0.494 e. The van der Waals surface area contributed by atoms with Crippen molar-refractivity contribution in [2.45, 2.75) is 19.1 Å². The van der Waals surface area contributed by atoms with Crippen molar-refractivity contribution >= 4 is 29.1 Å². The topological polar surface area (TPSA) is 55.8 Å². The van der Waals surface area contributed by atoms with E-state index in [1.54, 1.807) is 7.11 Å². The van der Waals surface area contributed by atoms with Gasteiger partial charge in [-0.1, -0.05) is 42.5 Å². The van der Waals surface area contributed by atoms with E-state index in [-0.39, 0.29) is 11.8 Å². The molecule has 0 aromatic heterocycles. The van der Waals surface area contributed by atoms with Crippen molar-refractivity contribution in [3.05, 3.63) is 70.6 Å². The van der Waals surface area contributed by atoms with Crippen molar-refractivity contribution in [1.29, 1.82) is 0 Å². The lowest BCUT2D eigenvalue weighted by Crippen LogP contribution is -2.33. The highest BCUT2D eigenvalue weighted by Crippen LogP contribution is 2.38. The van der Waals surface area contributed by atoms with Gasteiger partial charge in [-0.25, -0.2) is 0 Å². The summed E-state index contributed by atoms with van der Waals surface area (Å²) in [6.07, 6.45) is 0.612. The van der Waals surface area contributed by atoms with E-state index in [4.69, 9.17) is 9.47 Å². The van der Waals surface area contributed by atoms with Gasteiger partial charge in [0.2, 0.25) is 0 Å². The van der Waals surface area contributed by atoms with Crippen LogP contribution in [0.2, 0.25) is 0 Å². The fourth-order valence-corrected chi connectivity index (χ4v) is 4.21. The van der Waals surface area contributed by atoms with Crippen molar-refractivity contribution < 1.29 is 19.1 Å². The number of imide groups is 1. The molecule has 0 aliphatic carbocycles. The monoisotopic (exact) mass is 411 g/mol. The van der Waals surface area contributed by atoms with Crippen LogP contribution in [0.25, 0.3) is 5.57 Å². The summed E-state index contributed by atoms with van der Waals surface area (Å²) in [4.78, 5) is 28.0. The number of amides is 2. The predicted molar refractivity (Wildman–Crippen MR) is 115 cm³/mol. The first-order valence-electron chi connectivity index (χ1n) is 9.65. The van der Waals surface area contributed by atoms with Gasteiger partial charge in [0.1, 0.15) is 5.75 Å². The second-order valence-corrected chi connectivity index (χ2v) is 7.53. The lowest BCUT2D eigenvalue weighted by atomic mass is 10.1. The average Bonchev–Trinajstić information content (AvgIpc) is 2.98. The van der Waals surface area contributed by atoms with E-state index in [2.05, 4.69) is 0 Å². The number of benzene rings is 2. The van der Waals surface area contributed by atoms with Crippen LogP contribution in [0.3, 0.4) is 0 Å². The Morgan fingerprint density at radius 1 is 0.966 bits per heavy atom. The third-order valence-corrected chi connectivity index (χ3v) is 5.68. The summed E-state index contributed by atoms with van der Waals surface area (Å²) in [6.45, 7) is 3.35. The molecule has 2 aromatic carbocycles. The summed E-state index contributed by atoms with van der Waals surface area (Å²) < 4.78 is 10.6. The molecule has 0 N–H and O–H groups in total. The minimum atomic E-state index is -0.245. The average molecular weight is 412 g/mol. The van der Waals surface area contributed by atoms with E-state index < -0.39 is 0 Å². The van der Waals surface area contributed by atoms with Gasteiger partial charge in [0.25, 0.3) is 11.8 Å². The third-order valence-electron chi connectivity index (χ3n) is 4.54. The van der Waals surface area contributed by atoms with Crippen LogP contribution in [-0.2, 0) is 20.1 Å². The van der Waals surface area contributed by atoms with Crippen molar-refractivity contribution in [2.75, 3.05) is 26.9 Å². The molecule has 3 rings (SSSR count). The van der Waals surface area contributed by atoms with Gasteiger partial charge in [0, 0.05) is 26.0 Å². The fraction of sp³-hybridized carbons (Fsp3) is 0.304. The Hall–Kier alpha value is -2.57. The number of rotatable bonds is 10. The molecule has 0 saturated carbocycles. The Balaban J connectivity index is 1.88. The standard InChI is InChI=1S/C23H25NO4S/c1-3-28-19-12-10-18(11-13-19)20-21(29-16-17-8-5-4-6-9-17)23(26)24(22(20)25)14-7-15-27-2/h4-6,8-13H,3,7,14-16H2,1-2H3. The first-order chi connectivity index (χ1) is 14.2. The molecule has 1 heterocycles. The molecule has 0 saturated heterocycles. The van der Waals surface area contributed by atoms with Crippen LogP contribution in [0.1, 0.15) is 24.5 Å². The molecule has 0 spiro atoms. The Kier molecular flexibility index (Phi) is 7.49. The first-order valence-corrected chi connectivity index (χ1v) is 10.6. The first kappa shape index (κ1) is 21.1. The number of carbonyl (C=O) groups excluding carboxylic acids is 2. The smallest absolute Gasteiger partial charge is 0.267 e. The molecule has 1 aliphatic heterocycles. The van der Waals surface area contributed by atoms with Gasteiger partial charge in [0.15, 0.2) is 0 Å². The predicted octanol–water partition coefficient (Wildman–Crippen LogP) is 4.14. The maximum atomic E-state index is 13.1. The van der Waals surface area contributed by atoms with Gasteiger partial charge >= 0.3 is 0 Å². The molecule has 5 nitrogen and oxygen atoms in total. The molecule has 1 aliphatic rings. The number of ether oxygens (including phenoxy) is 2. The second kappa shape index (κ2) is 10.3. The van der Waals surface area contributed by atoms with Gasteiger partial charge < -0.3 is 9.47 Å². The van der Waals surface area contributed by atoms with Crippen LogP contribution in [0.5, 0.6) is 5.75 Å². The second-order valence-electron chi connectivity index (χ2n) is 6.54. The number of thioether (sulfide) groups is 1. The molecule has 6 heteroatoms. The Morgan fingerprint density at radius 3 is 2.34 bits per heavy atom. The minimum Gasteiger partial charge on any atom is -0.494 e. The van der Waals surface area contributed by atoms with Gasteiger partial charge in [-0.05, 0) is 36.6 Å². The molecule has 0 atom stereocenters. The molecular formula is C23H25NO4S. The molecule has 2 aromatic rings. The summed E-state index contributed by atoms with van der Waals surface area (Å²) in [6, 6.07) is 17.3. The van der Waals surface area contributed by atoms with E-state index in [0.717, 1.165) is 16.9 Å². The Morgan fingerprint density at radius 2 is 1.69 bits per heavy atom. The third kappa shape index (κ3) is 5.08. The van der Waals surface area contributed by atoms with Crippen LogP contribution in [0, 0.1) is 0 Å². The number of methoxy groups -OCH3 is 1. The Bertz CT molecular complexity index is 878. The summed E-state index contributed by atoms with van der Waals surface area (Å²) in [7, 11) is 1.61. The van der Waals surface area contributed by atoms with Crippen molar-refractivity contribution in [3.8, 4) is 5.75 Å². The van der Waals surface area contributed by atoms with Crippen LogP contribution in [-0.4, -0.2) is 43.6 Å². The molecule has 29 heavy (non-hydrogen) atoms. The number of hydrogen-bond donors (Lipinski definition) is 0. The molecule has 2 amide bonds. The summed E-state index contributed by atoms with van der Waals surface area (Å²) in [5.41, 5.74) is 2.31. The zero-order valence-corrected chi connectivity index (χ0v) is 17.5. The lowest BCUT2D eigenvalue weighted by molar-refractivity contribution is -0.136. The normalized spacial score (nSPS) is 14.1. The number of hydrogen-bond acceptors (Lipinski definition) is 5.